The van der Waals surface area contributed by atoms with Crippen LogP contribution in [0.1, 0.15) is 29.9 Å². The van der Waals surface area contributed by atoms with Crippen LogP contribution in [-0.4, -0.2) is 40.1 Å². The lowest BCUT2D eigenvalue weighted by Gasteiger charge is -2.21. The maximum absolute atomic E-state index is 11.9. The molecule has 0 aliphatic heterocycles. The van der Waals surface area contributed by atoms with Gasteiger partial charge in [-0.1, -0.05) is 18.2 Å². The second-order valence-corrected chi connectivity index (χ2v) is 4.49. The van der Waals surface area contributed by atoms with Gasteiger partial charge in [0.25, 0.3) is 0 Å². The van der Waals surface area contributed by atoms with Crippen molar-refractivity contribution in [3.63, 3.8) is 0 Å². The molecule has 0 bridgehead atoms. The van der Waals surface area contributed by atoms with Crippen molar-refractivity contribution < 1.29 is 14.7 Å². The molecule has 0 unspecified atom stereocenters. The molecule has 0 saturated heterocycles. The summed E-state index contributed by atoms with van der Waals surface area (Å²) < 4.78 is 0. The zero-order valence-corrected chi connectivity index (χ0v) is 11.7. The van der Waals surface area contributed by atoms with Crippen LogP contribution in [0.15, 0.2) is 30.5 Å². The summed E-state index contributed by atoms with van der Waals surface area (Å²) in [6, 6.07) is 2.86. The first-order valence-electron chi connectivity index (χ1n) is 6.29. The molecular formula is C14H19N3O3. The lowest BCUT2D eigenvalue weighted by Crippen LogP contribution is -2.40. The number of likely N-dealkylation sites (N-methyl/N-ethyl adjacent to an activating group) is 1. The zero-order valence-electron chi connectivity index (χ0n) is 11.7. The Labute approximate surface area is 118 Å². The second kappa shape index (κ2) is 7.28. The first kappa shape index (κ1) is 15.7. The monoisotopic (exact) mass is 277 g/mol. The van der Waals surface area contributed by atoms with Gasteiger partial charge in [0, 0.05) is 25.8 Å². The summed E-state index contributed by atoms with van der Waals surface area (Å²) in [5.74, 6) is -1.07. The normalized spacial score (nSPS) is 9.90. The Morgan fingerprint density at radius 2 is 2.15 bits per heavy atom. The lowest BCUT2D eigenvalue weighted by atomic mass is 10.2. The molecule has 0 aliphatic carbocycles. The standard InChI is InChI=1S/C14H19N3O3/c1-4-17(9-10(2)3)14(20)16-8-11-5-6-12(13(18)19)15-7-11/h5-7H,2,4,8-9H2,1,3H3,(H,16,20)(H,18,19). The summed E-state index contributed by atoms with van der Waals surface area (Å²) in [5, 5.41) is 11.5. The first-order chi connectivity index (χ1) is 9.43. The predicted molar refractivity (Wildman–Crippen MR) is 75.5 cm³/mol. The van der Waals surface area contributed by atoms with Crippen LogP contribution in [-0.2, 0) is 6.54 Å². The van der Waals surface area contributed by atoms with E-state index in [2.05, 4.69) is 16.9 Å². The number of carboxylic acids is 1. The number of aromatic carboxylic acids is 1. The van der Waals surface area contributed by atoms with Gasteiger partial charge in [-0.15, -0.1) is 0 Å². The molecule has 1 rings (SSSR count). The van der Waals surface area contributed by atoms with Crippen LogP contribution in [0.3, 0.4) is 0 Å². The molecule has 6 heteroatoms. The van der Waals surface area contributed by atoms with E-state index in [1.54, 1.807) is 11.0 Å². The first-order valence-corrected chi connectivity index (χ1v) is 6.29. The van der Waals surface area contributed by atoms with E-state index < -0.39 is 5.97 Å². The van der Waals surface area contributed by atoms with Gasteiger partial charge in [0.2, 0.25) is 0 Å². The molecule has 1 aromatic rings. The smallest absolute Gasteiger partial charge is 0.354 e. The summed E-state index contributed by atoms with van der Waals surface area (Å²) >= 11 is 0. The highest BCUT2D eigenvalue weighted by atomic mass is 16.4. The van der Waals surface area contributed by atoms with Gasteiger partial charge < -0.3 is 15.3 Å². The van der Waals surface area contributed by atoms with Gasteiger partial charge in [0.05, 0.1) is 0 Å². The molecule has 6 nitrogen and oxygen atoms in total. The highest BCUT2D eigenvalue weighted by Crippen LogP contribution is 2.01. The minimum absolute atomic E-state index is 0.0162. The van der Waals surface area contributed by atoms with Gasteiger partial charge in [0.15, 0.2) is 0 Å². The number of carboxylic acid groups (broad SMARTS) is 1. The lowest BCUT2D eigenvalue weighted by molar-refractivity contribution is 0.0690. The van der Waals surface area contributed by atoms with Crippen LogP contribution in [0.2, 0.25) is 0 Å². The molecule has 1 heterocycles. The van der Waals surface area contributed by atoms with E-state index in [1.807, 2.05) is 13.8 Å². The molecule has 2 amide bonds. The minimum Gasteiger partial charge on any atom is -0.477 e. The Morgan fingerprint density at radius 1 is 1.45 bits per heavy atom. The van der Waals surface area contributed by atoms with Crippen molar-refractivity contribution >= 4 is 12.0 Å². The molecule has 0 fully saturated rings. The van der Waals surface area contributed by atoms with Crippen molar-refractivity contribution in [3.8, 4) is 0 Å². The van der Waals surface area contributed by atoms with Crippen LogP contribution in [0.4, 0.5) is 4.79 Å². The fourth-order valence-electron chi connectivity index (χ4n) is 1.60. The summed E-state index contributed by atoms with van der Waals surface area (Å²) in [7, 11) is 0. The molecule has 0 aliphatic rings. The highest BCUT2D eigenvalue weighted by molar-refractivity contribution is 5.85. The number of hydrogen-bond acceptors (Lipinski definition) is 3. The van der Waals surface area contributed by atoms with E-state index in [9.17, 15) is 9.59 Å². The maximum atomic E-state index is 11.9. The Balaban J connectivity index is 2.55. The number of pyridine rings is 1. The van der Waals surface area contributed by atoms with Crippen LogP contribution < -0.4 is 5.32 Å². The SMILES string of the molecule is C=C(C)CN(CC)C(=O)NCc1ccc(C(=O)O)nc1. The Morgan fingerprint density at radius 3 is 2.60 bits per heavy atom. The van der Waals surface area contributed by atoms with E-state index in [1.165, 1.54) is 12.3 Å². The average Bonchev–Trinajstić information content (AvgIpc) is 2.42. The van der Waals surface area contributed by atoms with Gasteiger partial charge in [0.1, 0.15) is 5.69 Å². The van der Waals surface area contributed by atoms with Crippen molar-refractivity contribution in [2.75, 3.05) is 13.1 Å². The van der Waals surface area contributed by atoms with Crippen LogP contribution in [0.25, 0.3) is 0 Å². The fourth-order valence-corrected chi connectivity index (χ4v) is 1.60. The molecule has 1 aromatic heterocycles. The van der Waals surface area contributed by atoms with E-state index in [4.69, 9.17) is 5.11 Å². The number of carbonyl (C=O) groups excluding carboxylic acids is 1. The van der Waals surface area contributed by atoms with Gasteiger partial charge in [-0.25, -0.2) is 14.6 Å². The molecule has 20 heavy (non-hydrogen) atoms. The number of aromatic nitrogens is 1. The molecule has 0 aromatic carbocycles. The Hall–Kier alpha value is -2.37. The number of urea groups is 1. The molecule has 108 valence electrons. The summed E-state index contributed by atoms with van der Waals surface area (Å²) in [4.78, 5) is 28.0. The van der Waals surface area contributed by atoms with Crippen molar-refractivity contribution in [2.45, 2.75) is 20.4 Å². The molecule has 0 atom stereocenters. The van der Waals surface area contributed by atoms with Crippen LogP contribution >= 0.6 is 0 Å². The number of hydrogen-bond donors (Lipinski definition) is 2. The number of amides is 2. The van der Waals surface area contributed by atoms with E-state index >= 15 is 0 Å². The Bertz CT molecular complexity index is 497. The molecule has 0 spiro atoms. The van der Waals surface area contributed by atoms with Crippen molar-refractivity contribution in [3.05, 3.63) is 41.7 Å². The molecule has 0 radical (unpaired) electrons. The predicted octanol–water partition coefficient (Wildman–Crippen LogP) is 1.89. The largest absolute Gasteiger partial charge is 0.477 e. The number of carbonyl (C=O) groups is 2. The van der Waals surface area contributed by atoms with Gasteiger partial charge in [-0.2, -0.15) is 0 Å². The van der Waals surface area contributed by atoms with Crippen molar-refractivity contribution in [2.24, 2.45) is 0 Å². The fraction of sp³-hybridized carbons (Fsp3) is 0.357. The van der Waals surface area contributed by atoms with Crippen molar-refractivity contribution in [1.29, 1.82) is 0 Å². The summed E-state index contributed by atoms with van der Waals surface area (Å²) in [5.41, 5.74) is 1.64. The summed E-state index contributed by atoms with van der Waals surface area (Å²) in [6.45, 7) is 8.95. The number of nitrogens with zero attached hydrogens (tertiary/aromatic N) is 2. The van der Waals surface area contributed by atoms with E-state index in [0.717, 1.165) is 11.1 Å². The third kappa shape index (κ3) is 4.72. The number of rotatable bonds is 6. The average molecular weight is 277 g/mol. The zero-order chi connectivity index (χ0) is 15.1. The highest BCUT2D eigenvalue weighted by Gasteiger charge is 2.11. The maximum Gasteiger partial charge on any atom is 0.354 e. The van der Waals surface area contributed by atoms with Gasteiger partial charge >= 0.3 is 12.0 Å². The molecular weight excluding hydrogens is 258 g/mol. The topological polar surface area (TPSA) is 82.5 Å². The van der Waals surface area contributed by atoms with Gasteiger partial charge in [-0.3, -0.25) is 0 Å². The number of nitrogens with one attached hydrogen (secondary N) is 1. The van der Waals surface area contributed by atoms with Crippen LogP contribution in [0.5, 0.6) is 0 Å². The van der Waals surface area contributed by atoms with Crippen molar-refractivity contribution in [1.82, 2.24) is 15.2 Å². The van der Waals surface area contributed by atoms with Gasteiger partial charge in [-0.05, 0) is 25.5 Å². The van der Waals surface area contributed by atoms with Crippen LogP contribution in [0, 0.1) is 0 Å². The molecule has 0 saturated carbocycles. The third-order valence-electron chi connectivity index (χ3n) is 2.62. The van der Waals surface area contributed by atoms with E-state index in [-0.39, 0.29) is 11.7 Å². The quantitative estimate of drug-likeness (QED) is 0.778. The summed E-state index contributed by atoms with van der Waals surface area (Å²) in [6.07, 6.45) is 1.44. The van der Waals surface area contributed by atoms with E-state index in [0.29, 0.717) is 19.6 Å². The second-order valence-electron chi connectivity index (χ2n) is 4.49. The molecule has 2 N–H and O–H groups in total. The minimum atomic E-state index is -1.07. The Kier molecular flexibility index (Phi) is 5.71. The third-order valence-corrected chi connectivity index (χ3v) is 2.62.